The van der Waals surface area contributed by atoms with Gasteiger partial charge in [0, 0.05) is 11.5 Å². The van der Waals surface area contributed by atoms with Gasteiger partial charge in [-0.1, -0.05) is 34.6 Å². The topological polar surface area (TPSA) is 35.0 Å². The van der Waals surface area contributed by atoms with Gasteiger partial charge in [0.15, 0.2) is 0 Å². The van der Waals surface area contributed by atoms with Gasteiger partial charge >= 0.3 is 0 Å². The first-order chi connectivity index (χ1) is 7.29. The van der Waals surface area contributed by atoms with Gasteiger partial charge in [-0.05, 0) is 21.8 Å². The highest BCUT2D eigenvalue weighted by Crippen LogP contribution is 2.23. The Hall–Kier alpha value is -0.640. The third kappa shape index (κ3) is 4.08. The van der Waals surface area contributed by atoms with E-state index < -0.39 is 0 Å². The molecule has 0 aliphatic carbocycles. The smallest absolute Gasteiger partial charge is 0.217 e. The molecule has 1 rings (SSSR count). The molecule has 0 radical (unpaired) electrons. The lowest BCUT2D eigenvalue weighted by atomic mass is 9.96. The van der Waals surface area contributed by atoms with Crippen molar-refractivity contribution in [2.75, 3.05) is 6.61 Å². The summed E-state index contributed by atoms with van der Waals surface area (Å²) in [5, 5.41) is 0. The average molecular weight is 287 g/mol. The highest BCUT2D eigenvalue weighted by Gasteiger charge is 2.19. The molecule has 0 unspecified atom stereocenters. The first-order valence-electron chi connectivity index (χ1n) is 5.47. The predicted molar refractivity (Wildman–Crippen MR) is 68.8 cm³/mol. The van der Waals surface area contributed by atoms with Gasteiger partial charge in [0.1, 0.15) is 10.4 Å². The highest BCUT2D eigenvalue weighted by atomic mass is 79.9. The maximum Gasteiger partial charge on any atom is 0.217 e. The Morgan fingerprint density at radius 2 is 1.94 bits per heavy atom. The van der Waals surface area contributed by atoms with Crippen LogP contribution in [0.25, 0.3) is 0 Å². The Labute approximate surface area is 106 Å². The first-order valence-corrected chi connectivity index (χ1v) is 6.26. The van der Waals surface area contributed by atoms with E-state index in [1.165, 1.54) is 0 Å². The molecule has 0 atom stereocenters. The van der Waals surface area contributed by atoms with E-state index in [0.29, 0.717) is 18.4 Å². The summed E-state index contributed by atoms with van der Waals surface area (Å²) in [6, 6.07) is 1.80. The quantitative estimate of drug-likeness (QED) is 0.797. The van der Waals surface area contributed by atoms with E-state index in [1.54, 1.807) is 6.07 Å². The normalized spacial score (nSPS) is 11.9. The minimum atomic E-state index is -0.0697. The lowest BCUT2D eigenvalue weighted by Crippen LogP contribution is -2.17. The summed E-state index contributed by atoms with van der Waals surface area (Å²) in [4.78, 5) is 8.77. The van der Waals surface area contributed by atoms with Gasteiger partial charge in [-0.2, -0.15) is 4.98 Å². The van der Waals surface area contributed by atoms with E-state index in [0.717, 1.165) is 10.4 Å². The summed E-state index contributed by atoms with van der Waals surface area (Å²) >= 11 is 3.38. The molecule has 90 valence electrons. The fourth-order valence-electron chi connectivity index (χ4n) is 1.06. The average Bonchev–Trinajstić information content (AvgIpc) is 2.12. The lowest BCUT2D eigenvalue weighted by molar-refractivity contribution is 0.258. The molecule has 0 spiro atoms. The zero-order valence-electron chi connectivity index (χ0n) is 10.5. The summed E-state index contributed by atoms with van der Waals surface area (Å²) in [7, 11) is 0. The van der Waals surface area contributed by atoms with Crippen LogP contribution in [0.15, 0.2) is 10.7 Å². The van der Waals surface area contributed by atoms with Crippen LogP contribution in [-0.4, -0.2) is 16.6 Å². The standard InChI is InChI=1S/C12H19BrN2O/c1-8(2)7-16-10-6-9(13)14-11(15-10)12(3,4)5/h6,8H,7H2,1-5H3. The summed E-state index contributed by atoms with van der Waals surface area (Å²) < 4.78 is 6.37. The van der Waals surface area contributed by atoms with Crippen molar-refractivity contribution in [2.45, 2.75) is 40.0 Å². The van der Waals surface area contributed by atoms with Gasteiger partial charge in [0.25, 0.3) is 0 Å². The van der Waals surface area contributed by atoms with Crippen LogP contribution in [0.1, 0.15) is 40.4 Å². The molecule has 0 aliphatic heterocycles. The maximum atomic E-state index is 5.60. The van der Waals surface area contributed by atoms with Gasteiger partial charge < -0.3 is 4.74 Å². The minimum absolute atomic E-state index is 0.0697. The third-order valence-electron chi connectivity index (χ3n) is 1.91. The van der Waals surface area contributed by atoms with Crippen molar-refractivity contribution in [1.29, 1.82) is 0 Å². The second kappa shape index (κ2) is 5.13. The van der Waals surface area contributed by atoms with E-state index in [9.17, 15) is 0 Å². The highest BCUT2D eigenvalue weighted by molar-refractivity contribution is 9.10. The van der Waals surface area contributed by atoms with Gasteiger partial charge in [-0.3, -0.25) is 0 Å². The third-order valence-corrected chi connectivity index (χ3v) is 2.31. The zero-order chi connectivity index (χ0) is 12.3. The second-order valence-electron chi connectivity index (χ2n) is 5.31. The van der Waals surface area contributed by atoms with Crippen LogP contribution in [0, 0.1) is 5.92 Å². The molecular formula is C12H19BrN2O. The Bertz CT molecular complexity index is 359. The van der Waals surface area contributed by atoms with Crippen LogP contribution in [0.3, 0.4) is 0 Å². The number of rotatable bonds is 3. The molecular weight excluding hydrogens is 268 g/mol. The fourth-order valence-corrected chi connectivity index (χ4v) is 1.42. The molecule has 0 aliphatic rings. The molecule has 0 amide bonds. The Kier molecular flexibility index (Phi) is 4.30. The summed E-state index contributed by atoms with van der Waals surface area (Å²) in [6.45, 7) is 11.2. The molecule has 0 N–H and O–H groups in total. The number of aromatic nitrogens is 2. The van der Waals surface area contributed by atoms with E-state index >= 15 is 0 Å². The molecule has 0 saturated heterocycles. The number of ether oxygens (including phenoxy) is 1. The van der Waals surface area contributed by atoms with Crippen LogP contribution in [0.2, 0.25) is 0 Å². The predicted octanol–water partition coefficient (Wildman–Crippen LogP) is 3.57. The molecule has 1 aromatic heterocycles. The minimum Gasteiger partial charge on any atom is -0.477 e. The molecule has 0 aromatic carbocycles. The van der Waals surface area contributed by atoms with Crippen molar-refractivity contribution in [1.82, 2.24) is 9.97 Å². The monoisotopic (exact) mass is 286 g/mol. The van der Waals surface area contributed by atoms with Crippen LogP contribution in [0.4, 0.5) is 0 Å². The molecule has 4 heteroatoms. The maximum absolute atomic E-state index is 5.60. The second-order valence-corrected chi connectivity index (χ2v) is 6.12. The Morgan fingerprint density at radius 1 is 1.31 bits per heavy atom. The number of halogens is 1. The Morgan fingerprint density at radius 3 is 2.44 bits per heavy atom. The molecule has 0 fully saturated rings. The summed E-state index contributed by atoms with van der Waals surface area (Å²) in [5.41, 5.74) is -0.0697. The largest absolute Gasteiger partial charge is 0.477 e. The number of nitrogens with zero attached hydrogens (tertiary/aromatic N) is 2. The van der Waals surface area contributed by atoms with Crippen molar-refractivity contribution in [3.8, 4) is 5.88 Å². The van der Waals surface area contributed by atoms with E-state index in [2.05, 4.69) is 60.5 Å². The van der Waals surface area contributed by atoms with Crippen LogP contribution in [-0.2, 0) is 5.41 Å². The fraction of sp³-hybridized carbons (Fsp3) is 0.667. The van der Waals surface area contributed by atoms with Crippen molar-refractivity contribution in [3.05, 3.63) is 16.5 Å². The van der Waals surface area contributed by atoms with Gasteiger partial charge in [0.05, 0.1) is 6.61 Å². The van der Waals surface area contributed by atoms with Gasteiger partial charge in [-0.15, -0.1) is 0 Å². The van der Waals surface area contributed by atoms with Crippen LogP contribution < -0.4 is 4.74 Å². The Balaban J connectivity index is 2.90. The van der Waals surface area contributed by atoms with Crippen molar-refractivity contribution >= 4 is 15.9 Å². The van der Waals surface area contributed by atoms with Crippen molar-refractivity contribution < 1.29 is 4.74 Å². The molecule has 3 nitrogen and oxygen atoms in total. The molecule has 0 bridgehead atoms. The molecule has 16 heavy (non-hydrogen) atoms. The SMILES string of the molecule is CC(C)COc1cc(Br)nc(C(C)(C)C)n1. The lowest BCUT2D eigenvalue weighted by Gasteiger charge is -2.17. The molecule has 1 aromatic rings. The van der Waals surface area contributed by atoms with E-state index in [4.69, 9.17) is 4.74 Å². The first kappa shape index (κ1) is 13.4. The summed E-state index contributed by atoms with van der Waals surface area (Å²) in [5.74, 6) is 1.92. The van der Waals surface area contributed by atoms with E-state index in [-0.39, 0.29) is 5.41 Å². The van der Waals surface area contributed by atoms with Crippen LogP contribution in [0.5, 0.6) is 5.88 Å². The van der Waals surface area contributed by atoms with E-state index in [1.807, 2.05) is 0 Å². The number of hydrogen-bond acceptors (Lipinski definition) is 3. The van der Waals surface area contributed by atoms with Gasteiger partial charge in [0.2, 0.25) is 5.88 Å². The molecule has 1 heterocycles. The molecule has 0 saturated carbocycles. The van der Waals surface area contributed by atoms with Crippen molar-refractivity contribution in [2.24, 2.45) is 5.92 Å². The zero-order valence-corrected chi connectivity index (χ0v) is 12.1. The number of hydrogen-bond donors (Lipinski definition) is 0. The van der Waals surface area contributed by atoms with Crippen LogP contribution >= 0.6 is 15.9 Å². The van der Waals surface area contributed by atoms with Crippen molar-refractivity contribution in [3.63, 3.8) is 0 Å². The van der Waals surface area contributed by atoms with Gasteiger partial charge in [-0.25, -0.2) is 4.98 Å². The summed E-state index contributed by atoms with van der Waals surface area (Å²) in [6.07, 6.45) is 0.